The fourth-order valence-corrected chi connectivity index (χ4v) is 2.15. The zero-order valence-electron chi connectivity index (χ0n) is 10.5. The Bertz CT molecular complexity index is 386. The molecule has 2 rings (SSSR count). The van der Waals surface area contributed by atoms with Crippen LogP contribution in [-0.2, 0) is 11.3 Å². The van der Waals surface area contributed by atoms with Gasteiger partial charge in [-0.05, 0) is 30.0 Å². The van der Waals surface area contributed by atoms with Crippen LogP contribution in [0.15, 0.2) is 24.3 Å². The molecule has 1 saturated heterocycles. The van der Waals surface area contributed by atoms with Gasteiger partial charge in [0.2, 0.25) is 5.91 Å². The Kier molecular flexibility index (Phi) is 3.67. The van der Waals surface area contributed by atoms with E-state index in [1.54, 1.807) is 7.11 Å². The number of benzene rings is 1. The van der Waals surface area contributed by atoms with Crippen LogP contribution >= 0.6 is 0 Å². The second kappa shape index (κ2) is 5.21. The molecule has 0 saturated carbocycles. The standard InChI is InChI=1S/C14H19NO2/c1-11-7-8-15(14(16)9-11)10-12-3-5-13(17-2)6-4-12/h3-6,11H,7-10H2,1-2H3/t11-/m0/s1. The van der Waals surface area contributed by atoms with Gasteiger partial charge in [0.05, 0.1) is 7.11 Å². The van der Waals surface area contributed by atoms with Gasteiger partial charge < -0.3 is 9.64 Å². The fraction of sp³-hybridized carbons (Fsp3) is 0.500. The van der Waals surface area contributed by atoms with Gasteiger partial charge >= 0.3 is 0 Å². The second-order valence-electron chi connectivity index (χ2n) is 4.76. The van der Waals surface area contributed by atoms with E-state index in [4.69, 9.17) is 4.74 Å². The summed E-state index contributed by atoms with van der Waals surface area (Å²) in [6, 6.07) is 7.91. The molecule has 3 heteroatoms. The Balaban J connectivity index is 1.98. The Morgan fingerprint density at radius 1 is 1.35 bits per heavy atom. The summed E-state index contributed by atoms with van der Waals surface area (Å²) in [5.41, 5.74) is 1.16. The number of nitrogens with zero attached hydrogens (tertiary/aromatic N) is 1. The Labute approximate surface area is 102 Å². The number of piperidine rings is 1. The van der Waals surface area contributed by atoms with Gasteiger partial charge in [-0.25, -0.2) is 0 Å². The molecule has 1 atom stereocenters. The summed E-state index contributed by atoms with van der Waals surface area (Å²) in [6.07, 6.45) is 1.80. The van der Waals surface area contributed by atoms with Gasteiger partial charge in [0.1, 0.15) is 5.75 Å². The summed E-state index contributed by atoms with van der Waals surface area (Å²) < 4.78 is 5.11. The largest absolute Gasteiger partial charge is 0.497 e. The van der Waals surface area contributed by atoms with Gasteiger partial charge in [-0.15, -0.1) is 0 Å². The smallest absolute Gasteiger partial charge is 0.223 e. The molecule has 0 aromatic heterocycles. The highest BCUT2D eigenvalue weighted by Crippen LogP contribution is 2.20. The average molecular weight is 233 g/mol. The van der Waals surface area contributed by atoms with Gasteiger partial charge in [-0.2, -0.15) is 0 Å². The summed E-state index contributed by atoms with van der Waals surface area (Å²) >= 11 is 0. The van der Waals surface area contributed by atoms with Crippen LogP contribution in [0.2, 0.25) is 0 Å². The molecule has 1 heterocycles. The number of hydrogen-bond donors (Lipinski definition) is 0. The van der Waals surface area contributed by atoms with Crippen LogP contribution in [-0.4, -0.2) is 24.5 Å². The first-order valence-corrected chi connectivity index (χ1v) is 6.09. The number of hydrogen-bond acceptors (Lipinski definition) is 2. The van der Waals surface area contributed by atoms with E-state index in [9.17, 15) is 4.79 Å². The lowest BCUT2D eigenvalue weighted by molar-refractivity contribution is -0.135. The van der Waals surface area contributed by atoms with Crippen molar-refractivity contribution in [2.75, 3.05) is 13.7 Å². The van der Waals surface area contributed by atoms with Crippen LogP contribution in [0.1, 0.15) is 25.3 Å². The zero-order valence-corrected chi connectivity index (χ0v) is 10.5. The summed E-state index contributed by atoms with van der Waals surface area (Å²) in [6.45, 7) is 3.74. The average Bonchev–Trinajstić information content (AvgIpc) is 2.34. The molecule has 1 aliphatic rings. The van der Waals surface area contributed by atoms with E-state index in [-0.39, 0.29) is 5.91 Å². The quantitative estimate of drug-likeness (QED) is 0.802. The molecular formula is C14H19NO2. The molecule has 3 nitrogen and oxygen atoms in total. The van der Waals surface area contributed by atoms with Crippen molar-refractivity contribution in [1.29, 1.82) is 0 Å². The van der Waals surface area contributed by atoms with Crippen LogP contribution in [0.25, 0.3) is 0 Å². The molecule has 17 heavy (non-hydrogen) atoms. The van der Waals surface area contributed by atoms with Crippen molar-refractivity contribution in [3.8, 4) is 5.75 Å². The van der Waals surface area contributed by atoms with Crippen LogP contribution in [0.4, 0.5) is 0 Å². The minimum atomic E-state index is 0.277. The van der Waals surface area contributed by atoms with E-state index in [1.807, 2.05) is 29.2 Å². The van der Waals surface area contributed by atoms with Crippen LogP contribution in [0, 0.1) is 5.92 Å². The molecule has 0 unspecified atom stereocenters. The lowest BCUT2D eigenvalue weighted by Gasteiger charge is -2.30. The topological polar surface area (TPSA) is 29.5 Å². The van der Waals surface area contributed by atoms with E-state index < -0.39 is 0 Å². The van der Waals surface area contributed by atoms with E-state index in [0.29, 0.717) is 12.3 Å². The Morgan fingerprint density at radius 2 is 2.06 bits per heavy atom. The monoisotopic (exact) mass is 233 g/mol. The lowest BCUT2D eigenvalue weighted by atomic mass is 9.98. The normalized spacial score (nSPS) is 20.5. The molecule has 0 N–H and O–H groups in total. The lowest BCUT2D eigenvalue weighted by Crippen LogP contribution is -2.37. The SMILES string of the molecule is COc1ccc(CN2CC[C@H](C)CC2=O)cc1. The van der Waals surface area contributed by atoms with Crippen molar-refractivity contribution in [1.82, 2.24) is 4.90 Å². The van der Waals surface area contributed by atoms with Gasteiger partial charge in [-0.3, -0.25) is 4.79 Å². The summed E-state index contributed by atoms with van der Waals surface area (Å²) in [5, 5.41) is 0. The number of likely N-dealkylation sites (tertiary alicyclic amines) is 1. The Morgan fingerprint density at radius 3 is 2.65 bits per heavy atom. The van der Waals surface area contributed by atoms with E-state index >= 15 is 0 Å². The van der Waals surface area contributed by atoms with E-state index in [1.165, 1.54) is 0 Å². The van der Waals surface area contributed by atoms with E-state index in [0.717, 1.165) is 30.8 Å². The third-order valence-electron chi connectivity index (χ3n) is 3.30. The first-order valence-electron chi connectivity index (χ1n) is 6.09. The molecule has 0 aliphatic carbocycles. The third kappa shape index (κ3) is 2.99. The van der Waals surface area contributed by atoms with Gasteiger partial charge in [0.25, 0.3) is 0 Å². The minimum absolute atomic E-state index is 0.277. The van der Waals surface area contributed by atoms with Crippen LogP contribution in [0.5, 0.6) is 5.75 Å². The molecule has 0 radical (unpaired) electrons. The van der Waals surface area contributed by atoms with Crippen molar-refractivity contribution in [2.45, 2.75) is 26.3 Å². The van der Waals surface area contributed by atoms with Crippen LogP contribution in [0.3, 0.4) is 0 Å². The highest BCUT2D eigenvalue weighted by Gasteiger charge is 2.22. The summed E-state index contributed by atoms with van der Waals surface area (Å²) in [7, 11) is 1.66. The van der Waals surface area contributed by atoms with Crippen molar-refractivity contribution in [3.63, 3.8) is 0 Å². The van der Waals surface area contributed by atoms with Gasteiger partial charge in [-0.1, -0.05) is 19.1 Å². The highest BCUT2D eigenvalue weighted by molar-refractivity contribution is 5.77. The van der Waals surface area contributed by atoms with E-state index in [2.05, 4.69) is 6.92 Å². The van der Waals surface area contributed by atoms with Gasteiger partial charge in [0, 0.05) is 19.5 Å². The first kappa shape index (κ1) is 12.0. The maximum absolute atomic E-state index is 11.8. The molecule has 1 aromatic rings. The molecule has 1 amide bonds. The first-order chi connectivity index (χ1) is 8.19. The fourth-order valence-electron chi connectivity index (χ4n) is 2.15. The van der Waals surface area contributed by atoms with Crippen molar-refractivity contribution in [3.05, 3.63) is 29.8 Å². The number of amides is 1. The van der Waals surface area contributed by atoms with Gasteiger partial charge in [0.15, 0.2) is 0 Å². The summed E-state index contributed by atoms with van der Waals surface area (Å²) in [4.78, 5) is 13.8. The van der Waals surface area contributed by atoms with Crippen molar-refractivity contribution >= 4 is 5.91 Å². The van der Waals surface area contributed by atoms with Crippen molar-refractivity contribution in [2.24, 2.45) is 5.92 Å². The predicted molar refractivity (Wildman–Crippen MR) is 66.8 cm³/mol. The second-order valence-corrected chi connectivity index (χ2v) is 4.76. The summed E-state index contributed by atoms with van der Waals surface area (Å²) in [5.74, 6) is 1.67. The molecule has 0 spiro atoms. The van der Waals surface area contributed by atoms with Crippen molar-refractivity contribution < 1.29 is 9.53 Å². The molecule has 1 aliphatic heterocycles. The maximum Gasteiger partial charge on any atom is 0.223 e. The Hall–Kier alpha value is -1.51. The highest BCUT2D eigenvalue weighted by atomic mass is 16.5. The number of carbonyl (C=O) groups excluding carboxylic acids is 1. The molecular weight excluding hydrogens is 214 g/mol. The zero-order chi connectivity index (χ0) is 12.3. The number of carbonyl (C=O) groups is 1. The number of methoxy groups -OCH3 is 1. The molecule has 1 fully saturated rings. The number of ether oxygens (including phenoxy) is 1. The number of rotatable bonds is 3. The molecule has 1 aromatic carbocycles. The molecule has 92 valence electrons. The minimum Gasteiger partial charge on any atom is -0.497 e. The predicted octanol–water partition coefficient (Wildman–Crippen LogP) is 2.45. The third-order valence-corrected chi connectivity index (χ3v) is 3.30. The molecule has 0 bridgehead atoms. The maximum atomic E-state index is 11.8. The van der Waals surface area contributed by atoms with Crippen LogP contribution < -0.4 is 4.74 Å².